The number of rotatable bonds is 5. The molecule has 2 aromatic carbocycles. The lowest BCUT2D eigenvalue weighted by molar-refractivity contribution is 0.364. The SMILES string of the molecule is Cc1cccc(C=CCN(C)Cc2ccc3c(c2)CCCCC3)c1. The lowest BCUT2D eigenvalue weighted by Crippen LogP contribution is -2.17. The summed E-state index contributed by atoms with van der Waals surface area (Å²) < 4.78 is 0. The van der Waals surface area contributed by atoms with Crippen molar-refractivity contribution in [1.29, 1.82) is 0 Å². The van der Waals surface area contributed by atoms with E-state index in [1.807, 2.05) is 0 Å². The molecule has 0 aromatic heterocycles. The second kappa shape index (κ2) is 8.30. The Bertz CT molecular complexity index is 699. The van der Waals surface area contributed by atoms with Crippen molar-refractivity contribution in [2.24, 2.45) is 0 Å². The third-order valence-corrected chi connectivity index (χ3v) is 4.88. The van der Waals surface area contributed by atoms with Crippen LogP contribution in [0.15, 0.2) is 48.5 Å². The molecular formula is C23H29N. The summed E-state index contributed by atoms with van der Waals surface area (Å²) in [5, 5.41) is 0. The normalized spacial score (nSPS) is 14.8. The Labute approximate surface area is 147 Å². The zero-order valence-corrected chi connectivity index (χ0v) is 15.1. The summed E-state index contributed by atoms with van der Waals surface area (Å²) in [6.07, 6.45) is 11.1. The Morgan fingerprint density at radius 3 is 2.62 bits per heavy atom. The van der Waals surface area contributed by atoms with Crippen LogP contribution in [-0.4, -0.2) is 18.5 Å². The molecule has 0 aliphatic heterocycles. The Morgan fingerprint density at radius 2 is 1.79 bits per heavy atom. The summed E-state index contributed by atoms with van der Waals surface area (Å²) in [4.78, 5) is 2.38. The Kier molecular flexibility index (Phi) is 5.87. The maximum atomic E-state index is 2.45. The first kappa shape index (κ1) is 17.0. The van der Waals surface area contributed by atoms with Crippen molar-refractivity contribution in [2.75, 3.05) is 13.6 Å². The molecule has 1 aliphatic carbocycles. The molecule has 0 atom stereocenters. The van der Waals surface area contributed by atoms with Gasteiger partial charge < -0.3 is 0 Å². The number of hydrogen-bond acceptors (Lipinski definition) is 1. The molecule has 126 valence electrons. The summed E-state index contributed by atoms with van der Waals surface area (Å²) in [6.45, 7) is 4.14. The van der Waals surface area contributed by atoms with E-state index >= 15 is 0 Å². The van der Waals surface area contributed by atoms with E-state index in [2.05, 4.69) is 73.5 Å². The van der Waals surface area contributed by atoms with E-state index in [1.165, 1.54) is 48.8 Å². The van der Waals surface area contributed by atoms with Gasteiger partial charge in [0.15, 0.2) is 0 Å². The first-order valence-electron chi connectivity index (χ1n) is 9.23. The van der Waals surface area contributed by atoms with E-state index in [-0.39, 0.29) is 0 Å². The van der Waals surface area contributed by atoms with Gasteiger partial charge in [-0.2, -0.15) is 0 Å². The van der Waals surface area contributed by atoms with E-state index in [0.29, 0.717) is 0 Å². The minimum absolute atomic E-state index is 0.977. The smallest absolute Gasteiger partial charge is 0.0234 e. The average Bonchev–Trinajstić information content (AvgIpc) is 2.80. The van der Waals surface area contributed by atoms with Crippen LogP contribution in [0.5, 0.6) is 0 Å². The van der Waals surface area contributed by atoms with Crippen molar-refractivity contribution in [3.63, 3.8) is 0 Å². The molecule has 0 fully saturated rings. The minimum Gasteiger partial charge on any atom is -0.298 e. The summed E-state index contributed by atoms with van der Waals surface area (Å²) in [7, 11) is 2.20. The standard InChI is InChI=1S/C23H29N/c1-19-8-6-9-20(16-19)10-7-15-24(2)18-21-13-14-22-11-4-3-5-12-23(22)17-21/h6-10,13-14,16-17H,3-5,11-12,15,18H2,1-2H3. The molecule has 0 amide bonds. The Hall–Kier alpha value is -1.86. The molecule has 0 heterocycles. The fourth-order valence-corrected chi connectivity index (χ4v) is 3.58. The summed E-state index contributed by atoms with van der Waals surface area (Å²) in [5.41, 5.74) is 7.22. The predicted octanol–water partition coefficient (Wildman–Crippen LogP) is 5.41. The van der Waals surface area contributed by atoms with Gasteiger partial charge in [-0.05, 0) is 61.9 Å². The van der Waals surface area contributed by atoms with Crippen LogP contribution in [0.3, 0.4) is 0 Å². The van der Waals surface area contributed by atoms with Gasteiger partial charge in [0, 0.05) is 13.1 Å². The molecule has 1 heteroatoms. The van der Waals surface area contributed by atoms with Gasteiger partial charge in [0.1, 0.15) is 0 Å². The van der Waals surface area contributed by atoms with Gasteiger partial charge >= 0.3 is 0 Å². The summed E-state index contributed by atoms with van der Waals surface area (Å²) >= 11 is 0. The maximum absolute atomic E-state index is 2.45. The van der Waals surface area contributed by atoms with Gasteiger partial charge in [0.25, 0.3) is 0 Å². The molecule has 0 radical (unpaired) electrons. The van der Waals surface area contributed by atoms with Crippen molar-refractivity contribution in [1.82, 2.24) is 4.90 Å². The highest BCUT2D eigenvalue weighted by molar-refractivity contribution is 5.50. The van der Waals surface area contributed by atoms with Gasteiger partial charge in [0.2, 0.25) is 0 Å². The zero-order valence-electron chi connectivity index (χ0n) is 15.1. The van der Waals surface area contributed by atoms with Crippen LogP contribution in [0, 0.1) is 6.92 Å². The van der Waals surface area contributed by atoms with E-state index in [9.17, 15) is 0 Å². The molecule has 3 rings (SSSR count). The fraction of sp³-hybridized carbons (Fsp3) is 0.391. The van der Waals surface area contributed by atoms with Gasteiger partial charge in [-0.15, -0.1) is 0 Å². The molecule has 0 spiro atoms. The minimum atomic E-state index is 0.977. The number of hydrogen-bond donors (Lipinski definition) is 0. The van der Waals surface area contributed by atoms with Crippen LogP contribution in [0.2, 0.25) is 0 Å². The van der Waals surface area contributed by atoms with Crippen molar-refractivity contribution in [3.8, 4) is 0 Å². The largest absolute Gasteiger partial charge is 0.298 e. The fourth-order valence-electron chi connectivity index (χ4n) is 3.58. The topological polar surface area (TPSA) is 3.24 Å². The molecule has 1 nitrogen and oxygen atoms in total. The third-order valence-electron chi connectivity index (χ3n) is 4.88. The Balaban J connectivity index is 1.56. The molecule has 0 N–H and O–H groups in total. The predicted molar refractivity (Wildman–Crippen MR) is 104 cm³/mol. The van der Waals surface area contributed by atoms with Crippen LogP contribution in [0.4, 0.5) is 0 Å². The van der Waals surface area contributed by atoms with Gasteiger partial charge in [0.05, 0.1) is 0 Å². The number of benzene rings is 2. The van der Waals surface area contributed by atoms with Gasteiger partial charge in [-0.1, -0.05) is 66.6 Å². The maximum Gasteiger partial charge on any atom is 0.0234 e. The van der Waals surface area contributed by atoms with E-state index < -0.39 is 0 Å². The molecule has 24 heavy (non-hydrogen) atoms. The lowest BCUT2D eigenvalue weighted by Gasteiger charge is -2.16. The molecule has 0 saturated heterocycles. The van der Waals surface area contributed by atoms with Gasteiger partial charge in [-0.3, -0.25) is 4.90 Å². The van der Waals surface area contributed by atoms with Crippen molar-refractivity contribution >= 4 is 6.08 Å². The van der Waals surface area contributed by atoms with E-state index in [4.69, 9.17) is 0 Å². The van der Waals surface area contributed by atoms with Crippen LogP contribution in [0.1, 0.15) is 47.1 Å². The molecule has 0 bridgehead atoms. The zero-order chi connectivity index (χ0) is 16.8. The first-order valence-corrected chi connectivity index (χ1v) is 9.23. The molecule has 0 saturated carbocycles. The number of fused-ring (bicyclic) bond motifs is 1. The highest BCUT2D eigenvalue weighted by Gasteiger charge is 2.09. The molecule has 1 aliphatic rings. The second-order valence-corrected chi connectivity index (χ2v) is 7.18. The van der Waals surface area contributed by atoms with Crippen molar-refractivity contribution in [3.05, 3.63) is 76.4 Å². The first-order chi connectivity index (χ1) is 11.7. The highest BCUT2D eigenvalue weighted by atomic mass is 15.1. The average molecular weight is 319 g/mol. The molecule has 0 unspecified atom stereocenters. The summed E-state index contributed by atoms with van der Waals surface area (Å²) in [5.74, 6) is 0. The quantitative estimate of drug-likeness (QED) is 0.666. The summed E-state index contributed by atoms with van der Waals surface area (Å²) in [6, 6.07) is 15.8. The van der Waals surface area contributed by atoms with Crippen LogP contribution in [0.25, 0.3) is 6.08 Å². The van der Waals surface area contributed by atoms with Crippen LogP contribution >= 0.6 is 0 Å². The van der Waals surface area contributed by atoms with Crippen LogP contribution in [-0.2, 0) is 19.4 Å². The number of aryl methyl sites for hydroxylation is 3. The molecule has 2 aromatic rings. The number of nitrogens with zero attached hydrogens (tertiary/aromatic N) is 1. The Morgan fingerprint density at radius 1 is 0.958 bits per heavy atom. The van der Waals surface area contributed by atoms with Gasteiger partial charge in [-0.25, -0.2) is 0 Å². The van der Waals surface area contributed by atoms with Crippen molar-refractivity contribution in [2.45, 2.75) is 45.6 Å². The third kappa shape index (κ3) is 4.82. The monoisotopic (exact) mass is 319 g/mol. The van der Waals surface area contributed by atoms with E-state index in [0.717, 1.165) is 13.1 Å². The lowest BCUT2D eigenvalue weighted by atomic mass is 10.00. The van der Waals surface area contributed by atoms with Crippen molar-refractivity contribution < 1.29 is 0 Å². The number of likely N-dealkylation sites (N-methyl/N-ethyl adjacent to an activating group) is 1. The van der Waals surface area contributed by atoms with E-state index in [1.54, 1.807) is 11.1 Å². The van der Waals surface area contributed by atoms with Crippen LogP contribution < -0.4 is 0 Å². The highest BCUT2D eigenvalue weighted by Crippen LogP contribution is 2.22. The molecular weight excluding hydrogens is 290 g/mol. The second-order valence-electron chi connectivity index (χ2n) is 7.18.